The summed E-state index contributed by atoms with van der Waals surface area (Å²) < 4.78 is 1.48. The number of aromatic nitrogens is 2. The van der Waals surface area contributed by atoms with Gasteiger partial charge in [0.15, 0.2) is 5.69 Å². The minimum atomic E-state index is -1.14. The van der Waals surface area contributed by atoms with Crippen LogP contribution in [0.25, 0.3) is 0 Å². The quantitative estimate of drug-likeness (QED) is 0.761. The van der Waals surface area contributed by atoms with Crippen molar-refractivity contribution in [2.75, 3.05) is 5.75 Å². The van der Waals surface area contributed by atoms with E-state index in [-0.39, 0.29) is 16.4 Å². The number of aliphatic carboxylic acids is 1. The van der Waals surface area contributed by atoms with Crippen LogP contribution >= 0.6 is 23.4 Å². The molecule has 0 aromatic carbocycles. The minimum Gasteiger partial charge on any atom is -0.477 e. The Hall–Kier alpha value is -2.00. The van der Waals surface area contributed by atoms with Gasteiger partial charge in [-0.25, -0.2) is 4.79 Å². The lowest BCUT2D eigenvalue weighted by molar-refractivity contribution is -0.148. The standard InChI is InChI=1S/C14H15ClN4O4S/c1-5-4-24-13-9(12(21)19(13)10(5)14(22)23)16-11(20)8-7(15)6(2)18(3)17-8/h9,13H,4H2,1-3H3,(H,16,20)(H,22,23)/t9-,13+/m1/s1. The van der Waals surface area contributed by atoms with E-state index in [2.05, 4.69) is 10.4 Å². The molecule has 10 heteroatoms. The number of nitrogens with one attached hydrogen (secondary N) is 1. The van der Waals surface area contributed by atoms with E-state index in [1.165, 1.54) is 21.3 Å². The number of thioether (sulfide) groups is 1. The van der Waals surface area contributed by atoms with Gasteiger partial charge in [-0.1, -0.05) is 11.6 Å². The van der Waals surface area contributed by atoms with Crippen LogP contribution in [0.15, 0.2) is 11.3 Å². The molecule has 2 aliphatic heterocycles. The predicted octanol–water partition coefficient (Wildman–Crippen LogP) is 0.754. The molecule has 8 nitrogen and oxygen atoms in total. The number of nitrogens with zero attached hydrogens (tertiary/aromatic N) is 3. The Labute approximate surface area is 146 Å². The monoisotopic (exact) mass is 370 g/mol. The van der Waals surface area contributed by atoms with E-state index >= 15 is 0 Å². The number of halogens is 1. The van der Waals surface area contributed by atoms with Gasteiger partial charge in [-0.2, -0.15) is 5.10 Å². The highest BCUT2D eigenvalue weighted by Gasteiger charge is 2.53. The maximum Gasteiger partial charge on any atom is 0.352 e. The van der Waals surface area contributed by atoms with Gasteiger partial charge in [0.1, 0.15) is 17.1 Å². The number of carbonyl (C=O) groups excluding carboxylic acids is 2. The Morgan fingerprint density at radius 1 is 1.42 bits per heavy atom. The molecule has 2 N–H and O–H groups in total. The predicted molar refractivity (Wildman–Crippen MR) is 87.6 cm³/mol. The van der Waals surface area contributed by atoms with Gasteiger partial charge in [0, 0.05) is 12.8 Å². The maximum atomic E-state index is 12.4. The van der Waals surface area contributed by atoms with Gasteiger partial charge in [0.2, 0.25) is 0 Å². The molecule has 3 heterocycles. The third-order valence-corrected chi connectivity index (χ3v) is 6.00. The Morgan fingerprint density at radius 3 is 2.62 bits per heavy atom. The van der Waals surface area contributed by atoms with Crippen molar-refractivity contribution >= 4 is 41.1 Å². The fraction of sp³-hybridized carbons (Fsp3) is 0.429. The molecule has 1 saturated heterocycles. The molecule has 1 aromatic rings. The molecule has 0 unspecified atom stereocenters. The van der Waals surface area contributed by atoms with E-state index in [4.69, 9.17) is 11.6 Å². The van der Waals surface area contributed by atoms with Crippen molar-refractivity contribution in [2.45, 2.75) is 25.3 Å². The molecular formula is C14H15ClN4O4S. The number of aryl methyl sites for hydroxylation is 1. The number of rotatable bonds is 3. The second-order valence-corrected chi connectivity index (χ2v) is 7.15. The van der Waals surface area contributed by atoms with E-state index in [1.54, 1.807) is 20.9 Å². The first-order valence-electron chi connectivity index (χ1n) is 7.11. The summed E-state index contributed by atoms with van der Waals surface area (Å²) in [6.07, 6.45) is 0. The van der Waals surface area contributed by atoms with Gasteiger partial charge >= 0.3 is 5.97 Å². The van der Waals surface area contributed by atoms with Crippen molar-refractivity contribution in [1.29, 1.82) is 0 Å². The first-order chi connectivity index (χ1) is 11.2. The number of carboxylic acid groups (broad SMARTS) is 1. The molecule has 1 fully saturated rings. The Balaban J connectivity index is 1.79. The van der Waals surface area contributed by atoms with Crippen molar-refractivity contribution < 1.29 is 19.5 Å². The zero-order valence-electron chi connectivity index (χ0n) is 13.2. The van der Waals surface area contributed by atoms with Gasteiger partial charge in [0.05, 0.1) is 10.7 Å². The highest BCUT2D eigenvalue weighted by molar-refractivity contribution is 8.00. The molecule has 0 aliphatic carbocycles. The topological polar surface area (TPSA) is 105 Å². The second-order valence-electron chi connectivity index (χ2n) is 5.67. The van der Waals surface area contributed by atoms with E-state index in [0.29, 0.717) is 17.0 Å². The number of carboxylic acids is 1. The molecule has 3 rings (SSSR count). The van der Waals surface area contributed by atoms with Crippen LogP contribution in [0.4, 0.5) is 0 Å². The highest BCUT2D eigenvalue weighted by atomic mass is 35.5. The first kappa shape index (κ1) is 16.8. The summed E-state index contributed by atoms with van der Waals surface area (Å²) >= 11 is 7.50. The summed E-state index contributed by atoms with van der Waals surface area (Å²) in [4.78, 5) is 37.3. The summed E-state index contributed by atoms with van der Waals surface area (Å²) in [7, 11) is 1.66. The van der Waals surface area contributed by atoms with Crippen LogP contribution < -0.4 is 5.32 Å². The van der Waals surface area contributed by atoms with Gasteiger partial charge in [0.25, 0.3) is 11.8 Å². The molecule has 0 radical (unpaired) electrons. The highest BCUT2D eigenvalue weighted by Crippen LogP contribution is 2.40. The van der Waals surface area contributed by atoms with Crippen LogP contribution in [0.5, 0.6) is 0 Å². The van der Waals surface area contributed by atoms with Crippen molar-refractivity contribution in [3.05, 3.63) is 27.7 Å². The summed E-state index contributed by atoms with van der Waals surface area (Å²) in [6, 6.07) is -0.789. The third-order valence-electron chi connectivity index (χ3n) is 4.12. The van der Waals surface area contributed by atoms with Crippen LogP contribution in [0, 0.1) is 6.92 Å². The molecule has 2 aliphatic rings. The SMILES string of the molecule is CC1=C(C(=O)O)N2C(=O)[C@@H](NC(=O)c3nn(C)c(C)c3Cl)[C@@H]2SC1. The van der Waals surface area contributed by atoms with Crippen LogP contribution in [-0.4, -0.2) is 54.7 Å². The maximum absolute atomic E-state index is 12.4. The lowest BCUT2D eigenvalue weighted by atomic mass is 10.0. The normalized spacial score (nSPS) is 23.0. The van der Waals surface area contributed by atoms with E-state index < -0.39 is 29.2 Å². The number of hydrogen-bond acceptors (Lipinski definition) is 5. The fourth-order valence-electron chi connectivity index (χ4n) is 2.71. The average Bonchev–Trinajstić information content (AvgIpc) is 2.79. The molecule has 0 bridgehead atoms. The van der Waals surface area contributed by atoms with Crippen LogP contribution in [0.3, 0.4) is 0 Å². The molecule has 1 aromatic heterocycles. The first-order valence-corrected chi connectivity index (χ1v) is 8.54. The zero-order valence-corrected chi connectivity index (χ0v) is 14.7. The van der Waals surface area contributed by atoms with Crippen molar-refractivity contribution in [2.24, 2.45) is 7.05 Å². The van der Waals surface area contributed by atoms with E-state index in [9.17, 15) is 19.5 Å². The molecular weight excluding hydrogens is 356 g/mol. The third kappa shape index (κ3) is 2.39. The molecule has 2 amide bonds. The largest absolute Gasteiger partial charge is 0.477 e. The Kier molecular flexibility index (Phi) is 4.08. The van der Waals surface area contributed by atoms with Crippen LogP contribution in [0.2, 0.25) is 5.02 Å². The van der Waals surface area contributed by atoms with Crippen molar-refractivity contribution in [3.8, 4) is 0 Å². The molecule has 24 heavy (non-hydrogen) atoms. The van der Waals surface area contributed by atoms with Crippen molar-refractivity contribution in [3.63, 3.8) is 0 Å². The molecule has 0 spiro atoms. The summed E-state index contributed by atoms with van der Waals surface area (Å²) in [6.45, 7) is 3.41. The summed E-state index contributed by atoms with van der Waals surface area (Å²) in [5.41, 5.74) is 1.32. The Bertz CT molecular complexity index is 803. The molecule has 0 saturated carbocycles. The lowest BCUT2D eigenvalue weighted by Crippen LogP contribution is -2.70. The number of β-lactam (4-membered cyclic amide) rings is 1. The molecule has 128 valence electrons. The van der Waals surface area contributed by atoms with E-state index in [0.717, 1.165) is 0 Å². The van der Waals surface area contributed by atoms with Crippen molar-refractivity contribution in [1.82, 2.24) is 20.0 Å². The summed E-state index contributed by atoms with van der Waals surface area (Å²) in [5.74, 6) is -1.64. The lowest BCUT2D eigenvalue weighted by Gasteiger charge is -2.49. The van der Waals surface area contributed by atoms with Crippen LogP contribution in [-0.2, 0) is 16.6 Å². The number of fused-ring (bicyclic) bond motifs is 1. The van der Waals surface area contributed by atoms with E-state index in [1.807, 2.05) is 0 Å². The van der Waals surface area contributed by atoms with Gasteiger partial charge in [-0.15, -0.1) is 11.8 Å². The average molecular weight is 371 g/mol. The zero-order chi connectivity index (χ0) is 17.8. The Morgan fingerprint density at radius 2 is 2.08 bits per heavy atom. The number of hydrogen-bond donors (Lipinski definition) is 2. The smallest absolute Gasteiger partial charge is 0.352 e. The van der Waals surface area contributed by atoms with Crippen LogP contribution in [0.1, 0.15) is 23.1 Å². The number of amides is 2. The minimum absolute atomic E-state index is 0.000891. The van der Waals surface area contributed by atoms with Gasteiger partial charge < -0.3 is 10.4 Å². The van der Waals surface area contributed by atoms with Gasteiger partial charge in [-0.3, -0.25) is 19.2 Å². The van der Waals surface area contributed by atoms with Gasteiger partial charge in [-0.05, 0) is 19.4 Å². The molecule has 2 atom stereocenters. The number of carbonyl (C=O) groups is 3. The fourth-order valence-corrected chi connectivity index (χ4v) is 4.25. The summed E-state index contributed by atoms with van der Waals surface area (Å²) in [5, 5.41) is 15.7. The second kappa shape index (κ2) is 5.82.